The molecule has 208 valence electrons. The highest BCUT2D eigenvalue weighted by Crippen LogP contribution is 2.32. The van der Waals surface area contributed by atoms with Gasteiger partial charge in [0.2, 0.25) is 21.8 Å². The second-order valence-electron chi connectivity index (χ2n) is 9.80. The summed E-state index contributed by atoms with van der Waals surface area (Å²) in [5.74, 6) is -2.03. The third kappa shape index (κ3) is 6.07. The first kappa shape index (κ1) is 27.1. The number of nitrogens with one attached hydrogen (secondary N) is 1. The molecule has 0 spiro atoms. The Morgan fingerprint density at radius 3 is 2.77 bits per heavy atom. The van der Waals surface area contributed by atoms with Crippen LogP contribution >= 0.6 is 0 Å². The summed E-state index contributed by atoms with van der Waals surface area (Å²) >= 11 is 0. The first-order valence-electron chi connectivity index (χ1n) is 12.2. The van der Waals surface area contributed by atoms with Gasteiger partial charge in [0.05, 0.1) is 30.0 Å². The monoisotopic (exact) mass is 565 g/mol. The van der Waals surface area contributed by atoms with Gasteiger partial charge in [-0.2, -0.15) is 18.2 Å². The molecule has 2 aliphatic rings. The first-order chi connectivity index (χ1) is 18.4. The topological polar surface area (TPSA) is 129 Å². The number of hydrogen-bond acceptors (Lipinski definition) is 8. The van der Waals surface area contributed by atoms with E-state index in [0.29, 0.717) is 54.0 Å². The van der Waals surface area contributed by atoms with Crippen molar-refractivity contribution in [1.82, 2.24) is 19.9 Å². The summed E-state index contributed by atoms with van der Waals surface area (Å²) in [6, 6.07) is 11.1. The summed E-state index contributed by atoms with van der Waals surface area (Å²) in [4.78, 5) is 20.5. The summed E-state index contributed by atoms with van der Waals surface area (Å²) < 4.78 is 69.5. The van der Waals surface area contributed by atoms with Gasteiger partial charge in [0.1, 0.15) is 0 Å². The van der Waals surface area contributed by atoms with Crippen molar-refractivity contribution in [2.45, 2.75) is 36.9 Å². The van der Waals surface area contributed by atoms with E-state index in [-0.39, 0.29) is 23.9 Å². The molecule has 2 aliphatic heterocycles. The number of aliphatic hydroxyl groups excluding tert-OH is 1. The Hall–Kier alpha value is -3.49. The molecule has 1 saturated heterocycles. The lowest BCUT2D eigenvalue weighted by Crippen LogP contribution is -2.39. The third-order valence-corrected chi connectivity index (χ3v) is 8.10. The number of benzene rings is 2. The number of carbonyl (C=O) groups excluding carboxylic acids is 1. The minimum absolute atomic E-state index is 0.00408. The Balaban J connectivity index is 1.40. The number of alkyl halides is 3. The van der Waals surface area contributed by atoms with Gasteiger partial charge in [-0.05, 0) is 35.2 Å². The van der Waals surface area contributed by atoms with E-state index >= 15 is 0 Å². The predicted octanol–water partition coefficient (Wildman–Crippen LogP) is 2.82. The molecule has 2 aromatic carbocycles. The van der Waals surface area contributed by atoms with Gasteiger partial charge in [0, 0.05) is 32.2 Å². The molecule has 10 nitrogen and oxygen atoms in total. The molecule has 3 heterocycles. The van der Waals surface area contributed by atoms with E-state index in [9.17, 15) is 31.5 Å². The molecule has 1 aromatic heterocycles. The quantitative estimate of drug-likeness (QED) is 0.448. The Labute approximate surface area is 222 Å². The van der Waals surface area contributed by atoms with Crippen molar-refractivity contribution in [3.05, 3.63) is 65.0 Å². The zero-order valence-electron chi connectivity index (χ0n) is 20.8. The van der Waals surface area contributed by atoms with Crippen LogP contribution in [-0.4, -0.2) is 72.2 Å². The van der Waals surface area contributed by atoms with Gasteiger partial charge in [-0.1, -0.05) is 35.5 Å². The van der Waals surface area contributed by atoms with Crippen molar-refractivity contribution in [3.63, 3.8) is 0 Å². The van der Waals surface area contributed by atoms with Crippen LogP contribution in [0.5, 0.6) is 0 Å². The Morgan fingerprint density at radius 1 is 1.28 bits per heavy atom. The molecule has 2 atom stereocenters. The van der Waals surface area contributed by atoms with Crippen LogP contribution in [-0.2, 0) is 33.2 Å². The van der Waals surface area contributed by atoms with E-state index in [1.165, 1.54) is 0 Å². The largest absolute Gasteiger partial charge is 0.471 e. The number of rotatable bonds is 7. The number of aliphatic hydroxyl groups is 1. The summed E-state index contributed by atoms with van der Waals surface area (Å²) in [6.45, 7) is 1.44. The number of likely N-dealkylation sites (tertiary alicyclic amines) is 1. The van der Waals surface area contributed by atoms with Crippen LogP contribution in [0.4, 0.5) is 18.9 Å². The smallest absolute Gasteiger partial charge is 0.392 e. The maximum Gasteiger partial charge on any atom is 0.471 e. The second kappa shape index (κ2) is 10.2. The fraction of sp³-hybridized carbons (Fsp3) is 0.400. The summed E-state index contributed by atoms with van der Waals surface area (Å²) in [6.07, 6.45) is -4.65. The number of hydrogen-bond donors (Lipinski definition) is 2. The number of fused-ring (bicyclic) bond motifs is 1. The van der Waals surface area contributed by atoms with Gasteiger partial charge in [0.15, 0.2) is 0 Å². The van der Waals surface area contributed by atoms with Crippen LogP contribution in [0.15, 0.2) is 47.0 Å². The lowest BCUT2D eigenvalue weighted by Gasteiger charge is -2.32. The highest BCUT2D eigenvalue weighted by molar-refractivity contribution is 7.92. The summed E-state index contributed by atoms with van der Waals surface area (Å²) in [7, 11) is -1.78. The van der Waals surface area contributed by atoms with Crippen LogP contribution in [0.2, 0.25) is 0 Å². The number of halogens is 3. The number of amides is 1. The SMILES string of the molecule is CN(C(=O)Cc1ccc2c(c1)NS(=O)(=O)C2)C(CN1CC[C@H](O)C1)c1cccc(-c2noc(C(F)(F)F)n2)c1. The molecule has 0 saturated carbocycles. The molecule has 1 unspecified atom stereocenters. The van der Waals surface area contributed by atoms with Gasteiger partial charge in [-0.15, -0.1) is 0 Å². The van der Waals surface area contributed by atoms with Gasteiger partial charge in [-0.3, -0.25) is 14.4 Å². The van der Waals surface area contributed by atoms with Crippen molar-refractivity contribution in [3.8, 4) is 11.4 Å². The zero-order chi connectivity index (χ0) is 27.9. The van der Waals surface area contributed by atoms with Gasteiger partial charge < -0.3 is 14.5 Å². The number of aromatic nitrogens is 2. The average molecular weight is 566 g/mol. The Bertz CT molecular complexity index is 1490. The molecule has 2 N–H and O–H groups in total. The highest BCUT2D eigenvalue weighted by atomic mass is 32.2. The van der Waals surface area contributed by atoms with Gasteiger partial charge in [-0.25, -0.2) is 8.42 Å². The van der Waals surface area contributed by atoms with Crippen molar-refractivity contribution in [2.75, 3.05) is 31.4 Å². The van der Waals surface area contributed by atoms with Crippen LogP contribution in [0, 0.1) is 0 Å². The summed E-state index contributed by atoms with van der Waals surface area (Å²) in [5, 5.41) is 13.5. The van der Waals surface area contributed by atoms with Crippen molar-refractivity contribution in [1.29, 1.82) is 0 Å². The van der Waals surface area contributed by atoms with E-state index in [1.54, 1.807) is 54.4 Å². The number of likely N-dealkylation sites (N-methyl/N-ethyl adjacent to an activating group) is 1. The minimum Gasteiger partial charge on any atom is -0.392 e. The van der Waals surface area contributed by atoms with Gasteiger partial charge in [0.25, 0.3) is 0 Å². The number of nitrogens with zero attached hydrogens (tertiary/aromatic N) is 4. The van der Waals surface area contributed by atoms with E-state index in [4.69, 9.17) is 0 Å². The van der Waals surface area contributed by atoms with Crippen molar-refractivity contribution < 1.29 is 36.0 Å². The number of β-amino-alcohol motifs (C(OH)–C–C–N with tert-alkyl or cyclic N) is 1. The summed E-state index contributed by atoms with van der Waals surface area (Å²) in [5.41, 5.74) is 2.66. The molecule has 1 amide bonds. The molecule has 0 bridgehead atoms. The zero-order valence-corrected chi connectivity index (χ0v) is 21.7. The average Bonchev–Trinajstić information content (AvgIpc) is 3.59. The predicted molar refractivity (Wildman–Crippen MR) is 134 cm³/mol. The van der Waals surface area contributed by atoms with Crippen molar-refractivity contribution >= 4 is 21.6 Å². The van der Waals surface area contributed by atoms with Crippen LogP contribution in [0.25, 0.3) is 11.4 Å². The normalized spacial score (nSPS) is 19.5. The maximum absolute atomic E-state index is 13.4. The fourth-order valence-corrected chi connectivity index (χ4v) is 6.11. The van der Waals surface area contributed by atoms with Crippen LogP contribution < -0.4 is 4.72 Å². The van der Waals surface area contributed by atoms with Crippen LogP contribution in [0.1, 0.15) is 35.0 Å². The lowest BCUT2D eigenvalue weighted by atomic mass is 10.0. The molecular weight excluding hydrogens is 539 g/mol. The molecule has 5 rings (SSSR count). The van der Waals surface area contributed by atoms with Crippen molar-refractivity contribution in [2.24, 2.45) is 0 Å². The Kier molecular flexibility index (Phi) is 7.11. The minimum atomic E-state index is -4.77. The first-order valence-corrected chi connectivity index (χ1v) is 13.8. The van der Waals surface area contributed by atoms with Gasteiger partial charge >= 0.3 is 12.1 Å². The lowest BCUT2D eigenvalue weighted by molar-refractivity contribution is -0.159. The van der Waals surface area contributed by atoms with E-state index in [0.717, 1.165) is 0 Å². The second-order valence-corrected chi connectivity index (χ2v) is 11.5. The number of anilines is 1. The standard InChI is InChI=1S/C25H26F3N5O5S/c1-32(22(35)10-15-5-6-18-14-39(36,37)31-20(18)9-15)21(13-33-8-7-19(34)12-33)16-3-2-4-17(11-16)23-29-24(38-30-23)25(26,27)28/h2-6,9,11,19,21,31,34H,7-8,10,12-14H2,1H3/t19-,21?/m0/s1. The molecule has 14 heteroatoms. The molecule has 0 aliphatic carbocycles. The molecule has 39 heavy (non-hydrogen) atoms. The molecule has 1 fully saturated rings. The van der Waals surface area contributed by atoms with E-state index < -0.39 is 34.2 Å². The number of sulfonamides is 1. The Morgan fingerprint density at radius 2 is 2.08 bits per heavy atom. The van der Waals surface area contributed by atoms with Crippen LogP contribution in [0.3, 0.4) is 0 Å². The number of carbonyl (C=O) groups is 1. The van der Waals surface area contributed by atoms with E-state index in [2.05, 4.69) is 19.4 Å². The van der Waals surface area contributed by atoms with E-state index in [1.807, 2.05) is 4.90 Å². The molecule has 3 aromatic rings. The highest BCUT2D eigenvalue weighted by Gasteiger charge is 2.38. The molecular formula is C25H26F3N5O5S. The molecule has 0 radical (unpaired) electrons. The fourth-order valence-electron chi connectivity index (χ4n) is 4.85. The maximum atomic E-state index is 13.4. The third-order valence-electron chi connectivity index (χ3n) is 6.88.